The molecular weight excluding hydrogens is 358 g/mol. The van der Waals surface area contributed by atoms with E-state index in [1.807, 2.05) is 30.3 Å². The van der Waals surface area contributed by atoms with Crippen molar-refractivity contribution in [2.75, 3.05) is 20.2 Å². The van der Waals surface area contributed by atoms with Crippen molar-refractivity contribution in [3.63, 3.8) is 0 Å². The van der Waals surface area contributed by atoms with Gasteiger partial charge in [-0.2, -0.15) is 4.72 Å². The van der Waals surface area contributed by atoms with Gasteiger partial charge in [0, 0.05) is 7.05 Å². The first-order valence-electron chi connectivity index (χ1n) is 8.10. The molecule has 1 atom stereocenters. The van der Waals surface area contributed by atoms with E-state index in [0.29, 0.717) is 18.9 Å². The molecule has 0 saturated carbocycles. The molecule has 0 unspecified atom stereocenters. The Bertz CT molecular complexity index is 829. The summed E-state index contributed by atoms with van der Waals surface area (Å²) >= 11 is 0. The molecule has 8 nitrogen and oxygen atoms in total. The summed E-state index contributed by atoms with van der Waals surface area (Å²) < 4.78 is 37.7. The zero-order valence-electron chi connectivity index (χ0n) is 15.2. The van der Waals surface area contributed by atoms with Crippen molar-refractivity contribution in [3.8, 4) is 5.75 Å². The molecule has 0 spiro atoms. The first-order chi connectivity index (χ1) is 12.2. The van der Waals surface area contributed by atoms with E-state index in [0.717, 1.165) is 0 Å². The molecule has 0 saturated heterocycles. The molecule has 1 N–H and O–H groups in total. The minimum Gasteiger partial charge on any atom is -0.492 e. The topological polar surface area (TPSA) is 102 Å². The molecule has 26 heavy (non-hydrogen) atoms. The van der Waals surface area contributed by atoms with Crippen LogP contribution < -0.4 is 9.46 Å². The number of benzene rings is 1. The van der Waals surface area contributed by atoms with Crippen LogP contribution in [0.25, 0.3) is 0 Å². The Morgan fingerprint density at radius 1 is 1.31 bits per heavy atom. The lowest BCUT2D eigenvalue weighted by Gasteiger charge is -2.22. The summed E-state index contributed by atoms with van der Waals surface area (Å²) in [5.74, 6) is 0.525. The van der Waals surface area contributed by atoms with Crippen molar-refractivity contribution in [2.24, 2.45) is 0 Å². The Kier molecular flexibility index (Phi) is 6.38. The van der Waals surface area contributed by atoms with Crippen LogP contribution in [0.1, 0.15) is 18.4 Å². The normalized spacial score (nSPS) is 12.6. The van der Waals surface area contributed by atoms with Crippen LogP contribution in [0, 0.1) is 13.8 Å². The fourth-order valence-electron chi connectivity index (χ4n) is 2.46. The molecule has 0 aliphatic carbocycles. The average Bonchev–Trinajstić information content (AvgIpc) is 2.94. The van der Waals surface area contributed by atoms with Gasteiger partial charge in [0.1, 0.15) is 22.9 Å². The smallest absolute Gasteiger partial charge is 0.246 e. The van der Waals surface area contributed by atoms with Crippen molar-refractivity contribution < 1.29 is 22.5 Å². The van der Waals surface area contributed by atoms with E-state index in [-0.39, 0.29) is 22.3 Å². The van der Waals surface area contributed by atoms with Crippen molar-refractivity contribution in [3.05, 3.63) is 41.8 Å². The minimum atomic E-state index is -3.90. The summed E-state index contributed by atoms with van der Waals surface area (Å²) in [6.07, 6.45) is 0. The SMILES string of the molecule is Cc1noc(C)c1S(=O)(=O)N[C@@H](C)C(=O)N(C)CCOc1ccccc1. The molecule has 1 aromatic heterocycles. The highest BCUT2D eigenvalue weighted by molar-refractivity contribution is 7.89. The largest absolute Gasteiger partial charge is 0.492 e. The Labute approximate surface area is 153 Å². The molecule has 2 rings (SSSR count). The highest BCUT2D eigenvalue weighted by Gasteiger charge is 2.29. The van der Waals surface area contributed by atoms with Gasteiger partial charge in [-0.05, 0) is 32.9 Å². The number of carbonyl (C=O) groups is 1. The maximum atomic E-state index is 12.5. The average molecular weight is 381 g/mol. The van der Waals surface area contributed by atoms with Crippen molar-refractivity contribution in [1.82, 2.24) is 14.8 Å². The predicted octanol–water partition coefficient (Wildman–Crippen LogP) is 1.50. The summed E-state index contributed by atoms with van der Waals surface area (Å²) in [6, 6.07) is 8.31. The number of amides is 1. The molecule has 1 aromatic carbocycles. The summed E-state index contributed by atoms with van der Waals surface area (Å²) in [5, 5.41) is 3.63. The molecular formula is C17H23N3O5S. The zero-order chi connectivity index (χ0) is 19.3. The lowest BCUT2D eigenvalue weighted by atomic mass is 10.3. The lowest BCUT2D eigenvalue weighted by Crippen LogP contribution is -2.46. The standard InChI is InChI=1S/C17H23N3O5S/c1-12-16(14(3)25-18-12)26(22,23)19-13(2)17(21)20(4)10-11-24-15-8-6-5-7-9-15/h5-9,13,19H,10-11H2,1-4H3/t13-/m0/s1. The van der Waals surface area contributed by atoms with Crippen molar-refractivity contribution in [1.29, 1.82) is 0 Å². The monoisotopic (exact) mass is 381 g/mol. The maximum absolute atomic E-state index is 12.5. The van der Waals surface area contributed by atoms with Crippen LogP contribution in [-0.2, 0) is 14.8 Å². The first kappa shape index (κ1) is 19.9. The molecule has 1 heterocycles. The van der Waals surface area contributed by atoms with Crippen molar-refractivity contribution >= 4 is 15.9 Å². The third-order valence-corrected chi connectivity index (χ3v) is 5.54. The second-order valence-electron chi connectivity index (χ2n) is 5.92. The van der Waals surface area contributed by atoms with Gasteiger partial charge in [0.25, 0.3) is 0 Å². The molecule has 2 aromatic rings. The molecule has 0 aliphatic heterocycles. The number of hydrogen-bond acceptors (Lipinski definition) is 6. The minimum absolute atomic E-state index is 0.0350. The van der Waals surface area contributed by atoms with E-state index in [4.69, 9.17) is 9.26 Å². The van der Waals surface area contributed by atoms with E-state index in [9.17, 15) is 13.2 Å². The molecule has 9 heteroatoms. The van der Waals surface area contributed by atoms with Gasteiger partial charge >= 0.3 is 0 Å². The predicted molar refractivity (Wildman–Crippen MR) is 95.3 cm³/mol. The Morgan fingerprint density at radius 3 is 2.54 bits per heavy atom. The van der Waals surface area contributed by atoms with Gasteiger partial charge in [-0.25, -0.2) is 8.42 Å². The van der Waals surface area contributed by atoms with E-state index < -0.39 is 16.1 Å². The van der Waals surface area contributed by atoms with Crippen LogP contribution in [0.2, 0.25) is 0 Å². The Morgan fingerprint density at radius 2 is 1.96 bits per heavy atom. The van der Waals surface area contributed by atoms with Gasteiger partial charge in [0.2, 0.25) is 15.9 Å². The molecule has 0 bridgehead atoms. The number of sulfonamides is 1. The van der Waals surface area contributed by atoms with Crippen molar-refractivity contribution in [2.45, 2.75) is 31.7 Å². The third-order valence-electron chi connectivity index (χ3n) is 3.75. The van der Waals surface area contributed by atoms with Gasteiger partial charge in [0.05, 0.1) is 12.6 Å². The van der Waals surface area contributed by atoms with Gasteiger partial charge in [0.15, 0.2) is 5.76 Å². The number of aryl methyl sites for hydroxylation is 2. The second-order valence-corrected chi connectivity index (χ2v) is 7.57. The number of nitrogens with one attached hydrogen (secondary N) is 1. The number of carbonyl (C=O) groups excluding carboxylic acids is 1. The van der Waals surface area contributed by atoms with Gasteiger partial charge in [-0.1, -0.05) is 23.4 Å². The summed E-state index contributed by atoms with van der Waals surface area (Å²) in [5.41, 5.74) is 0.249. The van der Waals surface area contributed by atoms with Crippen LogP contribution in [0.4, 0.5) is 0 Å². The summed E-state index contributed by atoms with van der Waals surface area (Å²) in [4.78, 5) is 13.8. The molecule has 0 fully saturated rings. The maximum Gasteiger partial charge on any atom is 0.246 e. The van der Waals surface area contributed by atoms with Crippen LogP contribution in [0.3, 0.4) is 0 Å². The fourth-order valence-corrected chi connectivity index (χ4v) is 3.98. The lowest BCUT2D eigenvalue weighted by molar-refractivity contribution is -0.131. The van der Waals surface area contributed by atoms with Crippen LogP contribution in [0.15, 0.2) is 39.8 Å². The third kappa shape index (κ3) is 4.83. The number of aromatic nitrogens is 1. The van der Waals surface area contributed by atoms with E-state index in [2.05, 4.69) is 9.88 Å². The second kappa shape index (κ2) is 8.33. The number of hydrogen-bond donors (Lipinski definition) is 1. The Balaban J connectivity index is 1.92. The van der Waals surface area contributed by atoms with Crippen LogP contribution in [0.5, 0.6) is 5.75 Å². The molecule has 0 radical (unpaired) electrons. The van der Waals surface area contributed by atoms with Crippen LogP contribution >= 0.6 is 0 Å². The fraction of sp³-hybridized carbons (Fsp3) is 0.412. The quantitative estimate of drug-likeness (QED) is 0.743. The highest BCUT2D eigenvalue weighted by atomic mass is 32.2. The van der Waals surface area contributed by atoms with E-state index >= 15 is 0 Å². The molecule has 1 amide bonds. The van der Waals surface area contributed by atoms with Gasteiger partial charge in [-0.3, -0.25) is 4.79 Å². The Hall–Kier alpha value is -2.39. The number of ether oxygens (including phenoxy) is 1. The van der Waals surface area contributed by atoms with Gasteiger partial charge < -0.3 is 14.2 Å². The molecule has 142 valence electrons. The number of rotatable bonds is 8. The highest BCUT2D eigenvalue weighted by Crippen LogP contribution is 2.19. The summed E-state index contributed by atoms with van der Waals surface area (Å²) in [6.45, 7) is 5.16. The number of nitrogens with zero attached hydrogens (tertiary/aromatic N) is 2. The number of para-hydroxylation sites is 1. The number of likely N-dealkylation sites (N-methyl/N-ethyl adjacent to an activating group) is 1. The van der Waals surface area contributed by atoms with Gasteiger partial charge in [-0.15, -0.1) is 0 Å². The zero-order valence-corrected chi connectivity index (χ0v) is 16.0. The first-order valence-corrected chi connectivity index (χ1v) is 9.58. The van der Waals surface area contributed by atoms with E-state index in [1.54, 1.807) is 7.05 Å². The van der Waals surface area contributed by atoms with E-state index in [1.165, 1.54) is 25.7 Å². The van der Waals surface area contributed by atoms with Crippen LogP contribution in [-0.4, -0.2) is 50.6 Å². The summed E-state index contributed by atoms with van der Waals surface area (Å²) in [7, 11) is -2.31. The molecule has 0 aliphatic rings.